The van der Waals surface area contributed by atoms with Crippen LogP contribution in [0.2, 0.25) is 5.02 Å². The highest BCUT2D eigenvalue weighted by molar-refractivity contribution is 6.31. The van der Waals surface area contributed by atoms with Crippen molar-refractivity contribution < 1.29 is 14.3 Å². The maximum Gasteiger partial charge on any atom is 0.358 e. The SMILES string of the molecule is CCOC(=O)c1ccn(-c2ccc(NC(=O)c3cc(Cl)c[nH]3)cc2)n1. The Labute approximate surface area is 148 Å². The fourth-order valence-electron chi connectivity index (χ4n) is 2.18. The Morgan fingerprint density at radius 1 is 1.28 bits per heavy atom. The fourth-order valence-corrected chi connectivity index (χ4v) is 2.34. The Bertz CT molecular complexity index is 899. The van der Waals surface area contributed by atoms with Crippen molar-refractivity contribution in [1.82, 2.24) is 14.8 Å². The topological polar surface area (TPSA) is 89.0 Å². The summed E-state index contributed by atoms with van der Waals surface area (Å²) in [7, 11) is 0. The van der Waals surface area contributed by atoms with Gasteiger partial charge in [0.25, 0.3) is 5.91 Å². The largest absolute Gasteiger partial charge is 0.461 e. The molecule has 0 spiro atoms. The maximum atomic E-state index is 12.1. The van der Waals surface area contributed by atoms with Gasteiger partial charge in [0.1, 0.15) is 5.69 Å². The Kier molecular flexibility index (Phi) is 4.85. The molecule has 25 heavy (non-hydrogen) atoms. The number of carbonyl (C=O) groups is 2. The number of nitrogens with zero attached hydrogens (tertiary/aromatic N) is 2. The molecule has 1 amide bonds. The lowest BCUT2D eigenvalue weighted by molar-refractivity contribution is 0.0519. The Morgan fingerprint density at radius 3 is 2.68 bits per heavy atom. The van der Waals surface area contributed by atoms with E-state index in [0.29, 0.717) is 23.0 Å². The molecule has 0 radical (unpaired) electrons. The van der Waals surface area contributed by atoms with Gasteiger partial charge in [0.05, 0.1) is 17.3 Å². The number of anilines is 1. The van der Waals surface area contributed by atoms with E-state index in [4.69, 9.17) is 16.3 Å². The van der Waals surface area contributed by atoms with Crippen molar-refractivity contribution in [3.63, 3.8) is 0 Å². The van der Waals surface area contributed by atoms with E-state index < -0.39 is 5.97 Å². The predicted octanol–water partition coefficient (Wildman–Crippen LogP) is 3.28. The third-order valence-corrected chi connectivity index (χ3v) is 3.57. The zero-order chi connectivity index (χ0) is 17.8. The van der Waals surface area contributed by atoms with Gasteiger partial charge in [-0.15, -0.1) is 0 Å². The number of aromatic amines is 1. The van der Waals surface area contributed by atoms with Crippen LogP contribution in [0.4, 0.5) is 5.69 Å². The minimum Gasteiger partial charge on any atom is -0.461 e. The normalized spacial score (nSPS) is 10.5. The van der Waals surface area contributed by atoms with E-state index in [9.17, 15) is 9.59 Å². The highest BCUT2D eigenvalue weighted by atomic mass is 35.5. The third-order valence-electron chi connectivity index (χ3n) is 3.36. The molecule has 2 heterocycles. The molecule has 2 N–H and O–H groups in total. The van der Waals surface area contributed by atoms with Crippen LogP contribution in [0.5, 0.6) is 0 Å². The zero-order valence-electron chi connectivity index (χ0n) is 13.3. The minimum absolute atomic E-state index is 0.239. The molecule has 0 aliphatic heterocycles. The van der Waals surface area contributed by atoms with Crippen LogP contribution in [-0.2, 0) is 4.74 Å². The van der Waals surface area contributed by atoms with Crippen molar-refractivity contribution >= 4 is 29.2 Å². The summed E-state index contributed by atoms with van der Waals surface area (Å²) in [6.07, 6.45) is 3.21. The molecule has 0 atom stereocenters. The van der Waals surface area contributed by atoms with Crippen LogP contribution in [0.1, 0.15) is 27.9 Å². The van der Waals surface area contributed by atoms with Gasteiger partial charge in [-0.3, -0.25) is 4.79 Å². The first-order valence-corrected chi connectivity index (χ1v) is 7.93. The number of hydrogen-bond donors (Lipinski definition) is 2. The van der Waals surface area contributed by atoms with Gasteiger partial charge in [0.2, 0.25) is 0 Å². The molecule has 3 rings (SSSR count). The summed E-state index contributed by atoms with van der Waals surface area (Å²) in [6.45, 7) is 2.04. The standard InChI is InChI=1S/C17H15ClN4O3/c1-2-25-17(24)14-7-8-22(21-14)13-5-3-12(4-6-13)20-16(23)15-9-11(18)10-19-15/h3-10,19H,2H2,1H3,(H,20,23). The highest BCUT2D eigenvalue weighted by Crippen LogP contribution is 2.16. The molecule has 0 saturated carbocycles. The summed E-state index contributed by atoms with van der Waals surface area (Å²) in [6, 6.07) is 10.2. The number of amides is 1. The minimum atomic E-state index is -0.463. The maximum absolute atomic E-state index is 12.1. The van der Waals surface area contributed by atoms with E-state index >= 15 is 0 Å². The molecule has 1 aromatic carbocycles. The molecule has 0 fully saturated rings. The molecule has 2 aromatic heterocycles. The second-order valence-electron chi connectivity index (χ2n) is 5.10. The number of carbonyl (C=O) groups excluding carboxylic acids is 2. The summed E-state index contributed by atoms with van der Waals surface area (Å²) in [4.78, 5) is 26.5. The quantitative estimate of drug-likeness (QED) is 0.685. The van der Waals surface area contributed by atoms with Crippen molar-refractivity contribution in [2.45, 2.75) is 6.92 Å². The van der Waals surface area contributed by atoms with Crippen molar-refractivity contribution in [2.75, 3.05) is 11.9 Å². The van der Waals surface area contributed by atoms with Gasteiger partial charge in [-0.05, 0) is 43.3 Å². The van der Waals surface area contributed by atoms with E-state index in [0.717, 1.165) is 5.69 Å². The first-order valence-electron chi connectivity index (χ1n) is 7.55. The van der Waals surface area contributed by atoms with Gasteiger partial charge in [-0.2, -0.15) is 5.10 Å². The summed E-state index contributed by atoms with van der Waals surface area (Å²) in [5.41, 5.74) is 1.98. The van der Waals surface area contributed by atoms with E-state index in [1.54, 1.807) is 60.4 Å². The van der Waals surface area contributed by atoms with E-state index in [1.165, 1.54) is 0 Å². The van der Waals surface area contributed by atoms with Gasteiger partial charge >= 0.3 is 5.97 Å². The number of H-pyrrole nitrogens is 1. The molecule has 0 unspecified atom stereocenters. The lowest BCUT2D eigenvalue weighted by Crippen LogP contribution is -2.12. The Hall–Kier alpha value is -3.06. The number of nitrogens with one attached hydrogen (secondary N) is 2. The number of esters is 1. The zero-order valence-corrected chi connectivity index (χ0v) is 14.1. The molecule has 8 heteroatoms. The Balaban J connectivity index is 1.70. The van der Waals surface area contributed by atoms with Crippen molar-refractivity contribution in [2.24, 2.45) is 0 Å². The number of aromatic nitrogens is 3. The smallest absolute Gasteiger partial charge is 0.358 e. The van der Waals surface area contributed by atoms with Gasteiger partial charge in [0.15, 0.2) is 5.69 Å². The van der Waals surface area contributed by atoms with Crippen molar-refractivity contribution in [3.05, 3.63) is 65.2 Å². The lowest BCUT2D eigenvalue weighted by Gasteiger charge is -2.06. The summed E-state index contributed by atoms with van der Waals surface area (Å²) >= 11 is 5.79. The van der Waals surface area contributed by atoms with Gasteiger partial charge < -0.3 is 15.0 Å². The molecular formula is C17H15ClN4O3. The monoisotopic (exact) mass is 358 g/mol. The molecule has 128 valence electrons. The van der Waals surface area contributed by atoms with Crippen molar-refractivity contribution in [3.8, 4) is 5.69 Å². The lowest BCUT2D eigenvalue weighted by atomic mass is 10.2. The summed E-state index contributed by atoms with van der Waals surface area (Å²) < 4.78 is 6.47. The Morgan fingerprint density at radius 2 is 2.04 bits per heavy atom. The molecule has 7 nitrogen and oxygen atoms in total. The van der Waals surface area contributed by atoms with Crippen LogP contribution in [0, 0.1) is 0 Å². The fraction of sp³-hybridized carbons (Fsp3) is 0.118. The van der Waals surface area contributed by atoms with Crippen LogP contribution in [-0.4, -0.2) is 33.2 Å². The van der Waals surface area contributed by atoms with Gasteiger partial charge in [-0.25, -0.2) is 9.48 Å². The van der Waals surface area contributed by atoms with E-state index in [2.05, 4.69) is 15.4 Å². The van der Waals surface area contributed by atoms with Crippen LogP contribution in [0.25, 0.3) is 5.69 Å². The summed E-state index contributed by atoms with van der Waals surface area (Å²) in [5.74, 6) is -0.752. The van der Waals surface area contributed by atoms with Crippen LogP contribution in [0.3, 0.4) is 0 Å². The van der Waals surface area contributed by atoms with Gasteiger partial charge in [-0.1, -0.05) is 11.6 Å². The first-order chi connectivity index (χ1) is 12.1. The third kappa shape index (κ3) is 3.89. The average Bonchev–Trinajstić information content (AvgIpc) is 3.25. The van der Waals surface area contributed by atoms with Crippen molar-refractivity contribution in [1.29, 1.82) is 0 Å². The molecule has 0 saturated heterocycles. The van der Waals surface area contributed by atoms with Crippen LogP contribution in [0.15, 0.2) is 48.8 Å². The number of hydrogen-bond acceptors (Lipinski definition) is 4. The van der Waals surface area contributed by atoms with E-state index in [1.807, 2.05) is 0 Å². The highest BCUT2D eigenvalue weighted by Gasteiger charge is 2.11. The number of rotatable bonds is 5. The second-order valence-corrected chi connectivity index (χ2v) is 5.54. The molecule has 0 bridgehead atoms. The first kappa shape index (κ1) is 16.8. The number of benzene rings is 1. The average molecular weight is 359 g/mol. The second kappa shape index (κ2) is 7.23. The van der Waals surface area contributed by atoms with Gasteiger partial charge in [0, 0.05) is 18.1 Å². The molecule has 0 aliphatic rings. The molecule has 0 aliphatic carbocycles. The van der Waals surface area contributed by atoms with Crippen LogP contribution >= 0.6 is 11.6 Å². The van der Waals surface area contributed by atoms with Crippen LogP contribution < -0.4 is 5.32 Å². The predicted molar refractivity (Wildman–Crippen MR) is 93.3 cm³/mol. The molecule has 3 aromatic rings. The summed E-state index contributed by atoms with van der Waals surface area (Å²) in [5, 5.41) is 7.40. The van der Waals surface area contributed by atoms with E-state index in [-0.39, 0.29) is 11.6 Å². The number of ether oxygens (including phenoxy) is 1. The number of halogens is 1. The molecular weight excluding hydrogens is 344 g/mol.